The zero-order chi connectivity index (χ0) is 26.6. The van der Waals surface area contributed by atoms with E-state index in [1.807, 2.05) is 25.9 Å². The van der Waals surface area contributed by atoms with Crippen molar-refractivity contribution in [2.45, 2.75) is 17.9 Å². The molecule has 3 aromatic carbocycles. The zero-order valence-electron chi connectivity index (χ0n) is 21.8. The maximum absolute atomic E-state index is 13.4. The molecule has 37 heavy (non-hydrogen) atoms. The first kappa shape index (κ1) is 26.9. The number of nitrogens with zero attached hydrogens (tertiary/aromatic N) is 3. The molecule has 1 saturated heterocycles. The van der Waals surface area contributed by atoms with Crippen LogP contribution in [0.5, 0.6) is 5.75 Å². The predicted octanol–water partition coefficient (Wildman–Crippen LogP) is 4.05. The maximum Gasteiger partial charge on any atom is 0.240 e. The van der Waals surface area contributed by atoms with E-state index in [4.69, 9.17) is 4.74 Å². The van der Waals surface area contributed by atoms with Crippen LogP contribution in [0.2, 0.25) is 0 Å². The minimum atomic E-state index is -3.72. The molecule has 0 amide bonds. The molecule has 7 nitrogen and oxygen atoms in total. The van der Waals surface area contributed by atoms with Gasteiger partial charge in [0.2, 0.25) is 10.0 Å². The molecule has 1 aliphatic heterocycles. The molecule has 0 radical (unpaired) electrons. The van der Waals surface area contributed by atoms with Crippen LogP contribution in [0.15, 0.2) is 71.6 Å². The van der Waals surface area contributed by atoms with Gasteiger partial charge in [-0.3, -0.25) is 4.90 Å². The third-order valence-electron chi connectivity index (χ3n) is 6.88. The van der Waals surface area contributed by atoms with Gasteiger partial charge >= 0.3 is 0 Å². The molecule has 1 heterocycles. The highest BCUT2D eigenvalue weighted by molar-refractivity contribution is 7.89. The van der Waals surface area contributed by atoms with Gasteiger partial charge < -0.3 is 14.5 Å². The van der Waals surface area contributed by atoms with Crippen molar-refractivity contribution in [3.63, 3.8) is 0 Å². The quantitative estimate of drug-likeness (QED) is 0.454. The first-order valence-electron chi connectivity index (χ1n) is 12.3. The summed E-state index contributed by atoms with van der Waals surface area (Å²) < 4.78 is 47.9. The Morgan fingerprint density at radius 3 is 2.19 bits per heavy atom. The second-order valence-corrected chi connectivity index (χ2v) is 11.3. The van der Waals surface area contributed by atoms with E-state index in [1.54, 1.807) is 37.4 Å². The van der Waals surface area contributed by atoms with E-state index in [-0.39, 0.29) is 23.3 Å². The van der Waals surface area contributed by atoms with Gasteiger partial charge in [0.25, 0.3) is 0 Å². The first-order chi connectivity index (χ1) is 17.7. The van der Waals surface area contributed by atoms with Gasteiger partial charge in [-0.2, -0.15) is 0 Å². The van der Waals surface area contributed by atoms with E-state index in [2.05, 4.69) is 38.8 Å². The predicted molar refractivity (Wildman–Crippen MR) is 147 cm³/mol. The lowest BCUT2D eigenvalue weighted by molar-refractivity contribution is 0.187. The number of sulfonamides is 1. The number of nitrogens with one attached hydrogen (secondary N) is 1. The summed E-state index contributed by atoms with van der Waals surface area (Å²) in [5.74, 6) is 0.403. The molecule has 0 aromatic heterocycles. The number of hydrogen-bond acceptors (Lipinski definition) is 6. The Balaban J connectivity index is 1.52. The molecule has 1 atom stereocenters. The average molecular weight is 527 g/mol. The van der Waals surface area contributed by atoms with Crippen molar-refractivity contribution in [1.29, 1.82) is 0 Å². The lowest BCUT2D eigenvalue weighted by Crippen LogP contribution is -2.49. The fraction of sp³-hybridized carbons (Fsp3) is 0.357. The number of aryl methyl sites for hydroxylation is 1. The molecule has 0 saturated carbocycles. The molecule has 198 valence electrons. The molecule has 0 spiro atoms. The summed E-state index contributed by atoms with van der Waals surface area (Å²) in [6.07, 6.45) is 0. The Labute approximate surface area is 219 Å². The van der Waals surface area contributed by atoms with Crippen LogP contribution in [-0.4, -0.2) is 67.2 Å². The zero-order valence-corrected chi connectivity index (χ0v) is 22.6. The molecule has 9 heteroatoms. The van der Waals surface area contributed by atoms with Gasteiger partial charge in [-0.05, 0) is 72.6 Å². The standard InChI is InChI=1S/C28H35FN4O3S/c1-21-19-26(13-14-28(21)36-4)37(34,35)30-20-27(22-5-9-24(10-6-22)31(2)3)33-17-15-32(16-18-33)25-11-7-23(29)8-12-25/h5-14,19,27,30H,15-18,20H2,1-4H3. The monoisotopic (exact) mass is 526 g/mol. The number of benzene rings is 3. The molecule has 1 fully saturated rings. The fourth-order valence-corrected chi connectivity index (χ4v) is 5.81. The highest BCUT2D eigenvalue weighted by Gasteiger charge is 2.27. The normalized spacial score (nSPS) is 15.4. The molecule has 0 bridgehead atoms. The Morgan fingerprint density at radius 2 is 1.62 bits per heavy atom. The van der Waals surface area contributed by atoms with Crippen molar-refractivity contribution in [3.05, 3.63) is 83.7 Å². The largest absolute Gasteiger partial charge is 0.496 e. The minimum absolute atomic E-state index is 0.138. The van der Waals surface area contributed by atoms with Crippen LogP contribution in [0.1, 0.15) is 17.2 Å². The molecule has 0 aliphatic carbocycles. The number of methoxy groups -OCH3 is 1. The third-order valence-corrected chi connectivity index (χ3v) is 8.31. The summed E-state index contributed by atoms with van der Waals surface area (Å²) in [5.41, 5.74) is 3.88. The van der Waals surface area contributed by atoms with Crippen molar-refractivity contribution < 1.29 is 17.5 Å². The van der Waals surface area contributed by atoms with Crippen molar-refractivity contribution in [2.75, 3.05) is 63.7 Å². The van der Waals surface area contributed by atoms with Crippen molar-refractivity contribution in [2.24, 2.45) is 0 Å². The number of rotatable bonds is 9. The molecule has 4 rings (SSSR count). The van der Waals surface area contributed by atoms with Crippen LogP contribution >= 0.6 is 0 Å². The lowest BCUT2D eigenvalue weighted by atomic mass is 10.0. The van der Waals surface area contributed by atoms with E-state index in [0.717, 1.165) is 48.7 Å². The van der Waals surface area contributed by atoms with E-state index >= 15 is 0 Å². The highest BCUT2D eigenvalue weighted by Crippen LogP contribution is 2.27. The molecular weight excluding hydrogens is 491 g/mol. The summed E-state index contributed by atoms with van der Waals surface area (Å²) in [7, 11) is 1.84. The van der Waals surface area contributed by atoms with Crippen molar-refractivity contribution in [3.8, 4) is 5.75 Å². The molecule has 1 unspecified atom stereocenters. The Bertz CT molecular complexity index is 1290. The van der Waals surface area contributed by atoms with E-state index < -0.39 is 10.0 Å². The summed E-state index contributed by atoms with van der Waals surface area (Å²) in [6.45, 7) is 5.10. The van der Waals surface area contributed by atoms with Crippen LogP contribution < -0.4 is 19.3 Å². The first-order valence-corrected chi connectivity index (χ1v) is 13.8. The number of hydrogen-bond donors (Lipinski definition) is 1. The van der Waals surface area contributed by atoms with Gasteiger partial charge in [-0.25, -0.2) is 17.5 Å². The van der Waals surface area contributed by atoms with Gasteiger partial charge in [0, 0.05) is 64.2 Å². The number of piperazine rings is 1. The van der Waals surface area contributed by atoms with Crippen LogP contribution in [0.25, 0.3) is 0 Å². The topological polar surface area (TPSA) is 65.1 Å². The number of anilines is 2. The Kier molecular flexibility index (Phi) is 8.36. The highest BCUT2D eigenvalue weighted by atomic mass is 32.2. The SMILES string of the molecule is COc1ccc(S(=O)(=O)NCC(c2ccc(N(C)C)cc2)N2CCN(c3ccc(F)cc3)CC2)cc1C. The second-order valence-electron chi connectivity index (χ2n) is 9.48. The van der Waals surface area contributed by atoms with Crippen LogP contribution in [-0.2, 0) is 10.0 Å². The Morgan fingerprint density at radius 1 is 0.973 bits per heavy atom. The van der Waals surface area contributed by atoms with Gasteiger partial charge in [-0.1, -0.05) is 12.1 Å². The van der Waals surface area contributed by atoms with Crippen LogP contribution in [0, 0.1) is 12.7 Å². The number of halogens is 1. The van der Waals surface area contributed by atoms with E-state index in [9.17, 15) is 12.8 Å². The van der Waals surface area contributed by atoms with Gasteiger partial charge in [0.1, 0.15) is 11.6 Å². The smallest absolute Gasteiger partial charge is 0.240 e. The molecule has 3 aromatic rings. The van der Waals surface area contributed by atoms with Gasteiger partial charge in [0.15, 0.2) is 0 Å². The number of ether oxygens (including phenoxy) is 1. The maximum atomic E-state index is 13.4. The molecular formula is C28H35FN4O3S. The lowest BCUT2D eigenvalue weighted by Gasteiger charge is -2.40. The summed E-state index contributed by atoms with van der Waals surface area (Å²) in [4.78, 5) is 6.79. The summed E-state index contributed by atoms with van der Waals surface area (Å²) in [6, 6.07) is 19.5. The average Bonchev–Trinajstić information content (AvgIpc) is 2.90. The fourth-order valence-electron chi connectivity index (χ4n) is 4.69. The van der Waals surface area contributed by atoms with E-state index in [1.165, 1.54) is 12.1 Å². The van der Waals surface area contributed by atoms with Crippen molar-refractivity contribution >= 4 is 21.4 Å². The Hall–Kier alpha value is -3.14. The van der Waals surface area contributed by atoms with Crippen LogP contribution in [0.3, 0.4) is 0 Å². The van der Waals surface area contributed by atoms with E-state index in [0.29, 0.717) is 5.75 Å². The second kappa shape index (κ2) is 11.5. The van der Waals surface area contributed by atoms with Crippen LogP contribution in [0.4, 0.5) is 15.8 Å². The van der Waals surface area contributed by atoms with Gasteiger partial charge in [0.05, 0.1) is 12.0 Å². The molecule has 1 N–H and O–H groups in total. The summed E-state index contributed by atoms with van der Waals surface area (Å²) in [5, 5.41) is 0. The third kappa shape index (κ3) is 6.41. The summed E-state index contributed by atoms with van der Waals surface area (Å²) >= 11 is 0. The van der Waals surface area contributed by atoms with Gasteiger partial charge in [-0.15, -0.1) is 0 Å². The molecule has 1 aliphatic rings. The van der Waals surface area contributed by atoms with Crippen molar-refractivity contribution in [1.82, 2.24) is 9.62 Å². The minimum Gasteiger partial charge on any atom is -0.496 e.